The zero-order valence-corrected chi connectivity index (χ0v) is 34.9. The molecule has 0 spiro atoms. The molecule has 0 heterocycles. The Hall–Kier alpha value is -1.80. The fourth-order valence-corrected chi connectivity index (χ4v) is 5.86. The fraction of sp³-hybridized carbons (Fsp3) is 0.744. The third-order valence-electron chi connectivity index (χ3n) is 8.30. The molecule has 2 unspecified atom stereocenters. The van der Waals surface area contributed by atoms with Crippen LogP contribution in [0.1, 0.15) is 149 Å². The van der Waals surface area contributed by atoms with Crippen molar-refractivity contribution in [3.63, 3.8) is 0 Å². The molecule has 0 amide bonds. The van der Waals surface area contributed by atoms with E-state index in [0.717, 1.165) is 70.6 Å². The largest absolute Gasteiger partial charge is 0.756 e. The highest BCUT2D eigenvalue weighted by atomic mass is 31.2. The molecule has 0 bridgehead atoms. The number of likely N-dealkylation sites (N-methyl/N-ethyl adjacent to an activating group) is 1. The van der Waals surface area contributed by atoms with Crippen LogP contribution in [0.3, 0.4) is 0 Å². The van der Waals surface area contributed by atoms with Crippen LogP contribution in [0.15, 0.2) is 60.8 Å². The van der Waals surface area contributed by atoms with Gasteiger partial charge < -0.3 is 27.9 Å². The van der Waals surface area contributed by atoms with E-state index in [4.69, 9.17) is 18.5 Å². The molecule has 302 valence electrons. The van der Waals surface area contributed by atoms with Crippen LogP contribution in [-0.4, -0.2) is 70.7 Å². The van der Waals surface area contributed by atoms with Crippen molar-refractivity contribution in [3.8, 4) is 0 Å². The Morgan fingerprint density at radius 3 is 1.69 bits per heavy atom. The molecule has 9 heteroatoms. The van der Waals surface area contributed by atoms with E-state index in [9.17, 15) is 14.3 Å². The molecule has 0 aromatic rings. The third kappa shape index (κ3) is 39.4. The minimum Gasteiger partial charge on any atom is -0.756 e. The molecular formula is C43H78NO7P. The van der Waals surface area contributed by atoms with Gasteiger partial charge in [0.1, 0.15) is 19.3 Å². The van der Waals surface area contributed by atoms with E-state index in [1.165, 1.54) is 57.8 Å². The van der Waals surface area contributed by atoms with Crippen molar-refractivity contribution in [1.29, 1.82) is 0 Å². The zero-order chi connectivity index (χ0) is 38.4. The van der Waals surface area contributed by atoms with Crippen LogP contribution in [0.2, 0.25) is 0 Å². The second-order valence-electron chi connectivity index (χ2n) is 14.6. The minimum atomic E-state index is -4.54. The van der Waals surface area contributed by atoms with Gasteiger partial charge in [0.15, 0.2) is 0 Å². The summed E-state index contributed by atoms with van der Waals surface area (Å²) < 4.78 is 34.4. The summed E-state index contributed by atoms with van der Waals surface area (Å²) in [5.41, 5.74) is 0. The average molecular weight is 752 g/mol. The maximum absolute atomic E-state index is 12.6. The van der Waals surface area contributed by atoms with E-state index < -0.39 is 13.9 Å². The summed E-state index contributed by atoms with van der Waals surface area (Å²) in [6.07, 6.45) is 43.9. The van der Waals surface area contributed by atoms with Crippen molar-refractivity contribution in [2.24, 2.45) is 0 Å². The third-order valence-corrected chi connectivity index (χ3v) is 9.27. The summed E-state index contributed by atoms with van der Waals surface area (Å²) in [6.45, 7) is 5.11. The predicted molar refractivity (Wildman–Crippen MR) is 217 cm³/mol. The molecule has 52 heavy (non-hydrogen) atoms. The molecule has 0 aliphatic carbocycles. The summed E-state index contributed by atoms with van der Waals surface area (Å²) >= 11 is 0. The molecule has 0 aliphatic rings. The molecule has 0 rings (SSSR count). The van der Waals surface area contributed by atoms with Gasteiger partial charge in [-0.25, -0.2) is 0 Å². The average Bonchev–Trinajstić information content (AvgIpc) is 3.09. The standard InChI is InChI=1S/C43H78NO7P/c1-6-8-10-12-14-16-18-20-22-23-24-26-28-30-32-34-36-43(45)51-42(41-50-52(46,47)49-39-37-44(3,4)5)40-48-38-35-33-31-29-27-25-21-19-17-15-13-11-9-7-2/h9,11,15,17,21-23,25,29,31,42H,6-8,10,12-14,16,18-20,24,26-28,30,32-41H2,1-5H3/b11-9-,17-15-,23-22-,25-21-,31-29-. The number of carbonyl (C=O) groups is 1. The van der Waals surface area contributed by atoms with Crippen LogP contribution in [0.5, 0.6) is 0 Å². The smallest absolute Gasteiger partial charge is 0.306 e. The van der Waals surface area contributed by atoms with Gasteiger partial charge in [-0.05, 0) is 70.6 Å². The highest BCUT2D eigenvalue weighted by molar-refractivity contribution is 7.45. The number of allylic oxidation sites excluding steroid dienone is 10. The Morgan fingerprint density at radius 1 is 0.615 bits per heavy atom. The Kier molecular flexibility index (Phi) is 34.9. The lowest BCUT2D eigenvalue weighted by molar-refractivity contribution is -0.870. The van der Waals surface area contributed by atoms with Gasteiger partial charge in [-0.2, -0.15) is 0 Å². The second-order valence-corrected chi connectivity index (χ2v) is 16.0. The fourth-order valence-electron chi connectivity index (χ4n) is 5.13. The molecule has 0 aliphatic heterocycles. The summed E-state index contributed by atoms with van der Waals surface area (Å²) in [4.78, 5) is 25.0. The van der Waals surface area contributed by atoms with E-state index in [0.29, 0.717) is 17.6 Å². The van der Waals surface area contributed by atoms with Crippen LogP contribution in [0.4, 0.5) is 0 Å². The first kappa shape index (κ1) is 50.2. The van der Waals surface area contributed by atoms with Crippen LogP contribution >= 0.6 is 7.82 Å². The van der Waals surface area contributed by atoms with Gasteiger partial charge in [-0.15, -0.1) is 0 Å². The van der Waals surface area contributed by atoms with Crippen LogP contribution in [0, 0.1) is 0 Å². The molecule has 0 saturated carbocycles. The predicted octanol–water partition coefficient (Wildman–Crippen LogP) is 11.1. The lowest BCUT2D eigenvalue weighted by Gasteiger charge is -2.28. The van der Waals surface area contributed by atoms with Gasteiger partial charge in [0, 0.05) is 13.0 Å². The van der Waals surface area contributed by atoms with Crippen molar-refractivity contribution in [3.05, 3.63) is 60.8 Å². The molecular weight excluding hydrogens is 673 g/mol. The molecule has 0 aromatic heterocycles. The number of unbranched alkanes of at least 4 members (excludes halogenated alkanes) is 13. The number of phosphoric acid groups is 1. The van der Waals surface area contributed by atoms with Crippen LogP contribution in [0.25, 0.3) is 0 Å². The first-order chi connectivity index (χ1) is 25.1. The normalized spacial score (nSPS) is 14.5. The molecule has 0 saturated heterocycles. The van der Waals surface area contributed by atoms with Crippen LogP contribution < -0.4 is 4.89 Å². The van der Waals surface area contributed by atoms with Crippen LogP contribution in [-0.2, 0) is 27.9 Å². The maximum atomic E-state index is 12.6. The Balaban J connectivity index is 4.38. The Bertz CT molecular complexity index is 1020. The number of hydrogen-bond acceptors (Lipinski definition) is 7. The highest BCUT2D eigenvalue weighted by Crippen LogP contribution is 2.38. The van der Waals surface area contributed by atoms with Gasteiger partial charge in [-0.3, -0.25) is 9.36 Å². The Morgan fingerprint density at radius 2 is 1.12 bits per heavy atom. The van der Waals surface area contributed by atoms with Gasteiger partial charge in [0.2, 0.25) is 0 Å². The molecule has 0 radical (unpaired) electrons. The number of nitrogens with zero attached hydrogens (tertiary/aromatic N) is 1. The second kappa shape index (κ2) is 36.2. The van der Waals surface area contributed by atoms with Crippen molar-refractivity contribution in [2.75, 3.05) is 54.1 Å². The summed E-state index contributed by atoms with van der Waals surface area (Å²) in [7, 11) is 1.31. The van der Waals surface area contributed by atoms with E-state index in [2.05, 4.69) is 74.6 Å². The van der Waals surface area contributed by atoms with E-state index in [1.54, 1.807) is 0 Å². The maximum Gasteiger partial charge on any atom is 0.306 e. The number of hydrogen-bond donors (Lipinski definition) is 0. The number of carbonyl (C=O) groups excluding carboxylic acids is 1. The number of rotatable bonds is 37. The number of ether oxygens (including phenoxy) is 2. The highest BCUT2D eigenvalue weighted by Gasteiger charge is 2.20. The lowest BCUT2D eigenvalue weighted by atomic mass is 10.1. The monoisotopic (exact) mass is 752 g/mol. The topological polar surface area (TPSA) is 94.1 Å². The van der Waals surface area contributed by atoms with Gasteiger partial charge in [-0.1, -0.05) is 132 Å². The van der Waals surface area contributed by atoms with Gasteiger partial charge in [0.05, 0.1) is 34.4 Å². The number of phosphoric ester groups is 1. The summed E-state index contributed by atoms with van der Waals surface area (Å²) in [5, 5.41) is 0. The Labute approximate surface area is 320 Å². The minimum absolute atomic E-state index is 0.0120. The van der Waals surface area contributed by atoms with E-state index in [-0.39, 0.29) is 32.2 Å². The van der Waals surface area contributed by atoms with Gasteiger partial charge in [0.25, 0.3) is 7.82 Å². The quantitative estimate of drug-likeness (QED) is 0.0205. The zero-order valence-electron chi connectivity index (χ0n) is 34.0. The first-order valence-corrected chi connectivity index (χ1v) is 22.0. The number of esters is 1. The molecule has 2 atom stereocenters. The molecule has 8 nitrogen and oxygen atoms in total. The van der Waals surface area contributed by atoms with Crippen molar-refractivity contribution in [2.45, 2.75) is 155 Å². The SMILES string of the molecule is CC/C=C\C/C=C\C/C=C\C/C=C\CCCOCC(COP(=O)([O-])OCC[N+](C)(C)C)OC(=O)CCCCCCC/C=C\CCCCCCCCC. The molecule has 0 N–H and O–H groups in total. The van der Waals surface area contributed by atoms with E-state index in [1.807, 2.05) is 21.1 Å². The summed E-state index contributed by atoms with van der Waals surface area (Å²) in [6, 6.07) is 0. The lowest BCUT2D eigenvalue weighted by Crippen LogP contribution is -2.37. The van der Waals surface area contributed by atoms with Gasteiger partial charge >= 0.3 is 5.97 Å². The summed E-state index contributed by atoms with van der Waals surface area (Å²) in [5.74, 6) is -0.364. The number of quaternary nitrogens is 1. The van der Waals surface area contributed by atoms with Crippen molar-refractivity contribution >= 4 is 13.8 Å². The first-order valence-electron chi connectivity index (χ1n) is 20.5. The van der Waals surface area contributed by atoms with Crippen molar-refractivity contribution in [1.82, 2.24) is 0 Å². The van der Waals surface area contributed by atoms with Crippen molar-refractivity contribution < 1.29 is 37.3 Å². The molecule has 0 aromatic carbocycles. The molecule has 0 fully saturated rings. The van der Waals surface area contributed by atoms with E-state index >= 15 is 0 Å².